The summed E-state index contributed by atoms with van der Waals surface area (Å²) in [6.07, 6.45) is 4.19. The monoisotopic (exact) mass is 324 g/mol. The fourth-order valence-corrected chi connectivity index (χ4v) is 3.79. The summed E-state index contributed by atoms with van der Waals surface area (Å²) < 4.78 is 12.0. The molecule has 2 nitrogen and oxygen atoms in total. The SMILES string of the molecule is BrCC1(COCc2ccccc2)CCOC1C1CC1. The molecule has 3 heteroatoms. The van der Waals surface area contributed by atoms with Gasteiger partial charge in [-0.15, -0.1) is 0 Å². The summed E-state index contributed by atoms with van der Waals surface area (Å²) in [5.74, 6) is 0.778. The van der Waals surface area contributed by atoms with Crippen molar-refractivity contribution < 1.29 is 9.47 Å². The molecular weight excluding hydrogens is 304 g/mol. The van der Waals surface area contributed by atoms with Crippen LogP contribution in [0.1, 0.15) is 24.8 Å². The highest BCUT2D eigenvalue weighted by molar-refractivity contribution is 9.09. The average Bonchev–Trinajstić information content (AvgIpc) is 3.21. The molecule has 1 saturated heterocycles. The number of halogens is 1. The fraction of sp³-hybridized carbons (Fsp3) is 0.625. The first-order chi connectivity index (χ1) is 9.34. The predicted molar refractivity (Wildman–Crippen MR) is 79.4 cm³/mol. The van der Waals surface area contributed by atoms with Crippen LogP contribution in [0.15, 0.2) is 30.3 Å². The molecule has 1 aliphatic carbocycles. The van der Waals surface area contributed by atoms with Crippen molar-refractivity contribution in [1.82, 2.24) is 0 Å². The van der Waals surface area contributed by atoms with Crippen molar-refractivity contribution in [1.29, 1.82) is 0 Å². The van der Waals surface area contributed by atoms with E-state index in [0.29, 0.717) is 12.7 Å². The van der Waals surface area contributed by atoms with Crippen LogP contribution < -0.4 is 0 Å². The highest BCUT2D eigenvalue weighted by Crippen LogP contribution is 2.48. The number of rotatable bonds is 6. The van der Waals surface area contributed by atoms with E-state index in [2.05, 4.69) is 40.2 Å². The number of benzene rings is 1. The predicted octanol–water partition coefficient (Wildman–Crippen LogP) is 3.78. The first-order valence-corrected chi connectivity index (χ1v) is 8.25. The van der Waals surface area contributed by atoms with Crippen LogP contribution >= 0.6 is 15.9 Å². The van der Waals surface area contributed by atoms with Crippen LogP contribution in [0.5, 0.6) is 0 Å². The normalized spacial score (nSPS) is 30.7. The Morgan fingerprint density at radius 2 is 2.05 bits per heavy atom. The maximum Gasteiger partial charge on any atom is 0.0717 e. The molecule has 2 fully saturated rings. The first kappa shape index (κ1) is 13.6. The lowest BCUT2D eigenvalue weighted by molar-refractivity contribution is -0.0180. The molecule has 104 valence electrons. The zero-order valence-corrected chi connectivity index (χ0v) is 12.8. The third-order valence-electron chi connectivity index (χ3n) is 4.32. The maximum atomic E-state index is 6.00. The van der Waals surface area contributed by atoms with Crippen molar-refractivity contribution in [2.75, 3.05) is 18.5 Å². The van der Waals surface area contributed by atoms with Gasteiger partial charge in [0.2, 0.25) is 0 Å². The van der Waals surface area contributed by atoms with E-state index in [4.69, 9.17) is 9.47 Å². The highest BCUT2D eigenvalue weighted by atomic mass is 79.9. The van der Waals surface area contributed by atoms with Crippen molar-refractivity contribution in [3.05, 3.63) is 35.9 Å². The smallest absolute Gasteiger partial charge is 0.0717 e. The average molecular weight is 325 g/mol. The molecule has 1 heterocycles. The van der Waals surface area contributed by atoms with E-state index in [1.807, 2.05) is 6.07 Å². The summed E-state index contributed by atoms with van der Waals surface area (Å²) in [6.45, 7) is 2.39. The number of ether oxygens (including phenoxy) is 2. The van der Waals surface area contributed by atoms with Crippen LogP contribution in [0.4, 0.5) is 0 Å². The van der Waals surface area contributed by atoms with Crippen LogP contribution in [-0.2, 0) is 16.1 Å². The molecule has 0 radical (unpaired) electrons. The highest BCUT2D eigenvalue weighted by Gasteiger charge is 2.50. The van der Waals surface area contributed by atoms with E-state index in [1.54, 1.807) is 0 Å². The number of alkyl halides is 1. The second-order valence-electron chi connectivity index (χ2n) is 5.85. The Bertz CT molecular complexity index is 404. The van der Waals surface area contributed by atoms with E-state index < -0.39 is 0 Å². The van der Waals surface area contributed by atoms with Gasteiger partial charge in [0, 0.05) is 17.4 Å². The van der Waals surface area contributed by atoms with Crippen molar-refractivity contribution in [3.8, 4) is 0 Å². The molecule has 0 aromatic heterocycles. The van der Waals surface area contributed by atoms with Gasteiger partial charge in [-0.05, 0) is 30.7 Å². The Balaban J connectivity index is 1.57. The van der Waals surface area contributed by atoms with Gasteiger partial charge in [0.15, 0.2) is 0 Å². The Morgan fingerprint density at radius 1 is 1.26 bits per heavy atom. The Labute approximate surface area is 123 Å². The minimum absolute atomic E-state index is 0.190. The third kappa shape index (κ3) is 3.04. The second kappa shape index (κ2) is 5.94. The molecule has 1 aliphatic heterocycles. The van der Waals surface area contributed by atoms with E-state index in [9.17, 15) is 0 Å². The molecule has 0 bridgehead atoms. The minimum Gasteiger partial charge on any atom is -0.377 e. The molecule has 0 N–H and O–H groups in total. The lowest BCUT2D eigenvalue weighted by Gasteiger charge is -2.32. The van der Waals surface area contributed by atoms with Gasteiger partial charge in [0.05, 0.1) is 19.3 Å². The van der Waals surface area contributed by atoms with Gasteiger partial charge < -0.3 is 9.47 Å². The molecule has 3 rings (SSSR count). The Kier molecular flexibility index (Phi) is 4.25. The summed E-state index contributed by atoms with van der Waals surface area (Å²) in [4.78, 5) is 0. The van der Waals surface area contributed by atoms with E-state index in [1.165, 1.54) is 18.4 Å². The summed E-state index contributed by atoms with van der Waals surface area (Å²) in [6, 6.07) is 10.4. The van der Waals surface area contributed by atoms with Gasteiger partial charge in [-0.1, -0.05) is 46.3 Å². The molecule has 0 amide bonds. The van der Waals surface area contributed by atoms with E-state index >= 15 is 0 Å². The van der Waals surface area contributed by atoms with Crippen LogP contribution in [0.25, 0.3) is 0 Å². The van der Waals surface area contributed by atoms with Gasteiger partial charge in [-0.25, -0.2) is 0 Å². The molecule has 2 atom stereocenters. The number of hydrogen-bond donors (Lipinski definition) is 0. The van der Waals surface area contributed by atoms with Crippen molar-refractivity contribution in [2.24, 2.45) is 11.3 Å². The molecule has 1 saturated carbocycles. The van der Waals surface area contributed by atoms with E-state index in [0.717, 1.165) is 30.9 Å². The lowest BCUT2D eigenvalue weighted by atomic mass is 9.81. The van der Waals surface area contributed by atoms with Gasteiger partial charge in [-0.3, -0.25) is 0 Å². The van der Waals surface area contributed by atoms with Crippen LogP contribution in [-0.4, -0.2) is 24.6 Å². The Hall–Kier alpha value is -0.380. The summed E-state index contributed by atoms with van der Waals surface area (Å²) in [7, 11) is 0. The van der Waals surface area contributed by atoms with Crippen LogP contribution in [0, 0.1) is 11.3 Å². The van der Waals surface area contributed by atoms with Crippen molar-refractivity contribution in [3.63, 3.8) is 0 Å². The summed E-state index contributed by atoms with van der Waals surface area (Å²) in [5, 5.41) is 0.982. The molecule has 0 spiro atoms. The van der Waals surface area contributed by atoms with Crippen molar-refractivity contribution >= 4 is 15.9 Å². The fourth-order valence-electron chi connectivity index (χ4n) is 3.03. The van der Waals surface area contributed by atoms with Gasteiger partial charge in [-0.2, -0.15) is 0 Å². The maximum absolute atomic E-state index is 6.00. The lowest BCUT2D eigenvalue weighted by Crippen LogP contribution is -2.38. The molecule has 19 heavy (non-hydrogen) atoms. The Morgan fingerprint density at radius 3 is 2.74 bits per heavy atom. The molecule has 1 aromatic carbocycles. The van der Waals surface area contributed by atoms with Crippen LogP contribution in [0.3, 0.4) is 0 Å². The standard InChI is InChI=1S/C16H21BrO2/c17-11-16(8-9-19-15(16)14-6-7-14)12-18-10-13-4-2-1-3-5-13/h1-5,14-15H,6-12H2. The molecule has 1 aromatic rings. The quantitative estimate of drug-likeness (QED) is 0.741. The third-order valence-corrected chi connectivity index (χ3v) is 5.44. The topological polar surface area (TPSA) is 18.5 Å². The largest absolute Gasteiger partial charge is 0.377 e. The van der Waals surface area contributed by atoms with Gasteiger partial charge in [0.25, 0.3) is 0 Å². The van der Waals surface area contributed by atoms with Crippen LogP contribution in [0.2, 0.25) is 0 Å². The minimum atomic E-state index is 0.190. The zero-order chi connectivity index (χ0) is 13.1. The molecule has 2 aliphatic rings. The molecule has 2 unspecified atom stereocenters. The summed E-state index contributed by atoms with van der Waals surface area (Å²) in [5.41, 5.74) is 1.43. The van der Waals surface area contributed by atoms with Gasteiger partial charge >= 0.3 is 0 Å². The molecular formula is C16H21BrO2. The summed E-state index contributed by atoms with van der Waals surface area (Å²) >= 11 is 3.70. The van der Waals surface area contributed by atoms with Crippen molar-refractivity contribution in [2.45, 2.75) is 32.0 Å². The number of hydrogen-bond acceptors (Lipinski definition) is 2. The zero-order valence-electron chi connectivity index (χ0n) is 11.2. The first-order valence-electron chi connectivity index (χ1n) is 7.13. The van der Waals surface area contributed by atoms with Gasteiger partial charge in [0.1, 0.15) is 0 Å². The second-order valence-corrected chi connectivity index (χ2v) is 6.41. The van der Waals surface area contributed by atoms with E-state index in [-0.39, 0.29) is 5.41 Å².